The molecule has 184 valence electrons. The number of ether oxygens (including phenoxy) is 2. The van der Waals surface area contributed by atoms with E-state index in [0.29, 0.717) is 13.2 Å². The zero-order valence-electron chi connectivity index (χ0n) is 20.7. The summed E-state index contributed by atoms with van der Waals surface area (Å²) >= 11 is 0. The van der Waals surface area contributed by atoms with Crippen molar-refractivity contribution in [2.75, 3.05) is 31.3 Å². The molecule has 2 aliphatic heterocycles. The highest BCUT2D eigenvalue weighted by Crippen LogP contribution is 2.35. The smallest absolute Gasteiger partial charge is 0.180 e. The van der Waals surface area contributed by atoms with E-state index in [0.717, 1.165) is 77.9 Å². The molecule has 0 spiro atoms. The largest absolute Gasteiger partial charge is 0.377 e. The molecule has 1 unspecified atom stereocenters. The molecule has 2 atom stereocenters. The van der Waals surface area contributed by atoms with E-state index in [9.17, 15) is 0 Å². The van der Waals surface area contributed by atoms with E-state index >= 15 is 0 Å². The lowest BCUT2D eigenvalue weighted by Gasteiger charge is -2.34. The van der Waals surface area contributed by atoms with Crippen molar-refractivity contribution in [2.24, 2.45) is 7.05 Å². The number of hydrogen-bond donors (Lipinski definition) is 0. The van der Waals surface area contributed by atoms with Gasteiger partial charge in [-0.15, -0.1) is 10.2 Å². The van der Waals surface area contributed by atoms with E-state index in [1.54, 1.807) is 0 Å². The number of aryl methyl sites for hydroxylation is 3. The summed E-state index contributed by atoms with van der Waals surface area (Å²) in [5.74, 6) is 1.63. The topological polar surface area (TPSA) is 100 Å². The van der Waals surface area contributed by atoms with Crippen molar-refractivity contribution < 1.29 is 9.47 Å². The first-order valence-electron chi connectivity index (χ1n) is 12.3. The summed E-state index contributed by atoms with van der Waals surface area (Å²) in [6.45, 7) is 9.04. The van der Waals surface area contributed by atoms with Crippen LogP contribution in [-0.2, 0) is 16.5 Å². The van der Waals surface area contributed by atoms with Crippen molar-refractivity contribution in [1.29, 1.82) is 0 Å². The molecule has 4 aromatic rings. The maximum atomic E-state index is 6.05. The highest BCUT2D eigenvalue weighted by atomic mass is 16.5. The zero-order valence-corrected chi connectivity index (χ0v) is 20.7. The molecular weight excluding hydrogens is 446 g/mol. The summed E-state index contributed by atoms with van der Waals surface area (Å²) in [4.78, 5) is 7.31. The van der Waals surface area contributed by atoms with Gasteiger partial charge < -0.3 is 14.4 Å². The van der Waals surface area contributed by atoms with Gasteiger partial charge in [-0.2, -0.15) is 5.10 Å². The maximum Gasteiger partial charge on any atom is 0.180 e. The average molecular weight is 478 g/mol. The molecule has 0 aliphatic carbocycles. The predicted molar refractivity (Wildman–Crippen MR) is 130 cm³/mol. The summed E-state index contributed by atoms with van der Waals surface area (Å²) in [6, 6.07) is 4.35. The Kier molecular flexibility index (Phi) is 5.53. The Morgan fingerprint density at radius 3 is 2.74 bits per heavy atom. The molecule has 4 aromatic heterocycles. The van der Waals surface area contributed by atoms with Gasteiger partial charge in [-0.1, -0.05) is 5.21 Å². The van der Waals surface area contributed by atoms with Gasteiger partial charge in [0.05, 0.1) is 41.9 Å². The molecule has 2 fully saturated rings. The minimum absolute atomic E-state index is 0.0909. The van der Waals surface area contributed by atoms with E-state index < -0.39 is 0 Å². The van der Waals surface area contributed by atoms with Gasteiger partial charge in [0, 0.05) is 32.0 Å². The highest BCUT2D eigenvalue weighted by molar-refractivity contribution is 5.84. The quantitative estimate of drug-likeness (QED) is 0.442. The fourth-order valence-electron chi connectivity index (χ4n) is 5.27. The minimum atomic E-state index is -0.0909. The van der Waals surface area contributed by atoms with Crippen LogP contribution in [0.4, 0.5) is 5.82 Å². The van der Waals surface area contributed by atoms with E-state index in [2.05, 4.69) is 33.3 Å². The summed E-state index contributed by atoms with van der Waals surface area (Å²) in [6.07, 6.45) is 4.87. The molecule has 0 amide bonds. The van der Waals surface area contributed by atoms with Gasteiger partial charge in [0.25, 0.3) is 0 Å². The van der Waals surface area contributed by atoms with Crippen LogP contribution >= 0.6 is 0 Å². The third-order valence-electron chi connectivity index (χ3n) is 7.00. The van der Waals surface area contributed by atoms with Crippen molar-refractivity contribution >= 4 is 11.3 Å². The molecule has 35 heavy (non-hydrogen) atoms. The lowest BCUT2D eigenvalue weighted by atomic mass is 10.1. The summed E-state index contributed by atoms with van der Waals surface area (Å²) in [7, 11) is 1.92. The fraction of sp³-hybridized carbons (Fsp3) is 0.542. The van der Waals surface area contributed by atoms with Crippen molar-refractivity contribution in [1.82, 2.24) is 39.4 Å². The number of fused-ring (bicyclic) bond motifs is 1. The van der Waals surface area contributed by atoms with Crippen LogP contribution in [-0.4, -0.2) is 71.8 Å². The summed E-state index contributed by atoms with van der Waals surface area (Å²) in [5.41, 5.74) is 5.56. The van der Waals surface area contributed by atoms with Gasteiger partial charge in [-0.05, 0) is 52.2 Å². The molecule has 6 heterocycles. The standard InChI is InChI=1S/C24H31N9O2/c1-15-14-34-12-10-31(15)20-13-18(22-17(3)27-29-30(22)4)23-16(2)26-24(33(23)28-20)19-8-9-25-32(19)21-7-5-6-11-35-21/h8-9,13,15,21H,5-7,10-12,14H2,1-4H3/t15-,21?/m1/s1. The Hall–Kier alpha value is -3.31. The average Bonchev–Trinajstić information content (AvgIpc) is 3.57. The second kappa shape index (κ2) is 8.72. The van der Waals surface area contributed by atoms with E-state index in [-0.39, 0.29) is 12.3 Å². The number of nitrogens with zero attached hydrogens (tertiary/aromatic N) is 9. The van der Waals surface area contributed by atoms with Gasteiger partial charge in [0.2, 0.25) is 0 Å². The predicted octanol–water partition coefficient (Wildman–Crippen LogP) is 2.93. The van der Waals surface area contributed by atoms with Crippen molar-refractivity contribution in [3.8, 4) is 22.8 Å². The van der Waals surface area contributed by atoms with Crippen LogP contribution in [0.3, 0.4) is 0 Å². The van der Waals surface area contributed by atoms with Crippen LogP contribution in [0.1, 0.15) is 43.8 Å². The Morgan fingerprint density at radius 2 is 2.00 bits per heavy atom. The number of aromatic nitrogens is 8. The van der Waals surface area contributed by atoms with Gasteiger partial charge in [-0.25, -0.2) is 18.9 Å². The van der Waals surface area contributed by atoms with Crippen LogP contribution in [0.2, 0.25) is 0 Å². The van der Waals surface area contributed by atoms with Gasteiger partial charge in [0.1, 0.15) is 5.69 Å². The number of imidazole rings is 1. The first-order valence-corrected chi connectivity index (χ1v) is 12.3. The van der Waals surface area contributed by atoms with Crippen LogP contribution in [0.15, 0.2) is 18.3 Å². The first kappa shape index (κ1) is 22.2. The molecule has 0 aromatic carbocycles. The Morgan fingerprint density at radius 1 is 1.11 bits per heavy atom. The van der Waals surface area contributed by atoms with Crippen molar-refractivity contribution in [2.45, 2.75) is 52.3 Å². The number of hydrogen-bond acceptors (Lipinski definition) is 8. The Balaban J connectivity index is 1.59. The lowest BCUT2D eigenvalue weighted by Crippen LogP contribution is -2.44. The van der Waals surface area contributed by atoms with Gasteiger partial charge in [-0.3, -0.25) is 0 Å². The highest BCUT2D eigenvalue weighted by Gasteiger charge is 2.28. The molecule has 2 aliphatic rings. The normalized spacial score (nSPS) is 21.2. The number of anilines is 1. The monoisotopic (exact) mass is 477 g/mol. The molecule has 11 heteroatoms. The van der Waals surface area contributed by atoms with E-state index in [4.69, 9.17) is 19.6 Å². The van der Waals surface area contributed by atoms with Crippen LogP contribution in [0.25, 0.3) is 28.3 Å². The summed E-state index contributed by atoms with van der Waals surface area (Å²) < 4.78 is 17.5. The number of morpholine rings is 1. The Bertz CT molecular complexity index is 1350. The second-order valence-corrected chi connectivity index (χ2v) is 9.44. The Labute approximate surface area is 203 Å². The minimum Gasteiger partial charge on any atom is -0.377 e. The molecule has 0 radical (unpaired) electrons. The molecule has 0 saturated carbocycles. The van der Waals surface area contributed by atoms with Crippen molar-refractivity contribution in [3.63, 3.8) is 0 Å². The molecule has 2 saturated heterocycles. The lowest BCUT2D eigenvalue weighted by molar-refractivity contribution is -0.0384. The first-order chi connectivity index (χ1) is 17.0. The molecule has 0 N–H and O–H groups in total. The molecule has 0 bridgehead atoms. The molecule has 11 nitrogen and oxygen atoms in total. The van der Waals surface area contributed by atoms with Crippen LogP contribution in [0, 0.1) is 13.8 Å². The third-order valence-corrected chi connectivity index (χ3v) is 7.00. The fourth-order valence-corrected chi connectivity index (χ4v) is 5.27. The molecule has 6 rings (SSSR count). The van der Waals surface area contributed by atoms with Crippen LogP contribution < -0.4 is 4.90 Å². The maximum absolute atomic E-state index is 6.05. The number of rotatable bonds is 4. The second-order valence-electron chi connectivity index (χ2n) is 9.44. The zero-order chi connectivity index (χ0) is 24.1. The van der Waals surface area contributed by atoms with E-state index in [1.165, 1.54) is 0 Å². The van der Waals surface area contributed by atoms with Crippen LogP contribution in [0.5, 0.6) is 0 Å². The van der Waals surface area contributed by atoms with Gasteiger partial charge in [0.15, 0.2) is 17.9 Å². The van der Waals surface area contributed by atoms with E-state index in [1.807, 2.05) is 47.0 Å². The summed E-state index contributed by atoms with van der Waals surface area (Å²) in [5, 5.41) is 18.3. The molecular formula is C24H31N9O2. The third kappa shape index (κ3) is 3.69. The SMILES string of the molecule is Cc1nnn(C)c1-c1cc(N2CCOC[C@H]2C)nn2c(-c3ccnn3C3CCCCO3)nc(C)c12. The van der Waals surface area contributed by atoms with Gasteiger partial charge >= 0.3 is 0 Å². The van der Waals surface area contributed by atoms with Crippen molar-refractivity contribution in [3.05, 3.63) is 29.7 Å².